The van der Waals surface area contributed by atoms with Crippen molar-refractivity contribution in [1.29, 1.82) is 0 Å². The van der Waals surface area contributed by atoms with E-state index in [2.05, 4.69) is 15.6 Å². The molecule has 1 fully saturated rings. The van der Waals surface area contributed by atoms with Crippen LogP contribution in [-0.2, 0) is 0 Å². The largest absolute Gasteiger partial charge is 0.337 e. The maximum Gasteiger partial charge on any atom is 0.274 e. The Labute approximate surface area is 107 Å². The molecule has 0 spiro atoms. The standard InChI is InChI=1S/C12H19N5O/c13-14-11-7-6-10(15-16-11)12(18)17-8-4-2-1-3-5-9-17/h6-7H,1-5,8-9,13H2,(H,14,16). The maximum absolute atomic E-state index is 12.2. The molecule has 0 saturated carbocycles. The summed E-state index contributed by atoms with van der Waals surface area (Å²) in [6, 6.07) is 3.31. The van der Waals surface area contributed by atoms with Gasteiger partial charge in [-0.1, -0.05) is 19.3 Å². The van der Waals surface area contributed by atoms with Crippen molar-refractivity contribution in [3.63, 3.8) is 0 Å². The Kier molecular flexibility index (Phi) is 4.46. The third-order valence-electron chi connectivity index (χ3n) is 3.17. The fourth-order valence-electron chi connectivity index (χ4n) is 2.14. The summed E-state index contributed by atoms with van der Waals surface area (Å²) in [6.07, 6.45) is 5.82. The van der Waals surface area contributed by atoms with Crippen LogP contribution < -0.4 is 11.3 Å². The summed E-state index contributed by atoms with van der Waals surface area (Å²) in [6.45, 7) is 1.63. The first-order valence-electron chi connectivity index (χ1n) is 6.41. The number of nitrogens with one attached hydrogen (secondary N) is 1. The number of amides is 1. The van der Waals surface area contributed by atoms with Gasteiger partial charge in [-0.15, -0.1) is 10.2 Å². The van der Waals surface area contributed by atoms with Crippen LogP contribution in [0.15, 0.2) is 12.1 Å². The fraction of sp³-hybridized carbons (Fsp3) is 0.583. The third-order valence-corrected chi connectivity index (χ3v) is 3.17. The monoisotopic (exact) mass is 249 g/mol. The summed E-state index contributed by atoms with van der Waals surface area (Å²) >= 11 is 0. The van der Waals surface area contributed by atoms with Gasteiger partial charge >= 0.3 is 0 Å². The molecule has 1 amide bonds. The van der Waals surface area contributed by atoms with E-state index in [0.717, 1.165) is 25.9 Å². The Morgan fingerprint density at radius 2 is 1.78 bits per heavy atom. The summed E-state index contributed by atoms with van der Waals surface area (Å²) in [5, 5.41) is 7.72. The predicted molar refractivity (Wildman–Crippen MR) is 68.8 cm³/mol. The van der Waals surface area contributed by atoms with E-state index < -0.39 is 0 Å². The molecule has 1 aromatic heterocycles. The van der Waals surface area contributed by atoms with Crippen LogP contribution in [0, 0.1) is 0 Å². The minimum Gasteiger partial charge on any atom is -0.337 e. The van der Waals surface area contributed by atoms with Crippen molar-refractivity contribution in [3.8, 4) is 0 Å². The van der Waals surface area contributed by atoms with Gasteiger partial charge in [0, 0.05) is 13.1 Å². The average molecular weight is 249 g/mol. The van der Waals surface area contributed by atoms with Crippen LogP contribution in [0.2, 0.25) is 0 Å². The molecular formula is C12H19N5O. The lowest BCUT2D eigenvalue weighted by Crippen LogP contribution is -2.34. The van der Waals surface area contributed by atoms with Gasteiger partial charge in [-0.3, -0.25) is 4.79 Å². The van der Waals surface area contributed by atoms with E-state index in [1.165, 1.54) is 19.3 Å². The molecule has 0 atom stereocenters. The summed E-state index contributed by atoms with van der Waals surface area (Å²) in [7, 11) is 0. The van der Waals surface area contributed by atoms with Crippen molar-refractivity contribution in [2.75, 3.05) is 18.5 Å². The van der Waals surface area contributed by atoms with Gasteiger partial charge in [0.15, 0.2) is 11.5 Å². The van der Waals surface area contributed by atoms with E-state index >= 15 is 0 Å². The van der Waals surface area contributed by atoms with E-state index in [-0.39, 0.29) is 5.91 Å². The molecule has 1 aliphatic rings. The van der Waals surface area contributed by atoms with E-state index in [1.54, 1.807) is 12.1 Å². The molecule has 1 aromatic rings. The van der Waals surface area contributed by atoms with Crippen molar-refractivity contribution in [3.05, 3.63) is 17.8 Å². The van der Waals surface area contributed by atoms with Gasteiger partial charge in [0.2, 0.25) is 0 Å². The summed E-state index contributed by atoms with van der Waals surface area (Å²) in [5.74, 6) is 5.63. The first-order chi connectivity index (χ1) is 8.81. The van der Waals surface area contributed by atoms with Crippen molar-refractivity contribution < 1.29 is 4.79 Å². The normalized spacial score (nSPS) is 16.8. The highest BCUT2D eigenvalue weighted by atomic mass is 16.2. The van der Waals surface area contributed by atoms with E-state index in [1.807, 2.05) is 4.90 Å². The number of hydrazine groups is 1. The molecule has 0 radical (unpaired) electrons. The second-order valence-electron chi connectivity index (χ2n) is 4.51. The molecule has 1 saturated heterocycles. The highest BCUT2D eigenvalue weighted by molar-refractivity contribution is 5.92. The van der Waals surface area contributed by atoms with Gasteiger partial charge in [0.05, 0.1) is 0 Å². The number of nitrogens with zero attached hydrogens (tertiary/aromatic N) is 3. The molecule has 3 N–H and O–H groups in total. The molecule has 1 aliphatic heterocycles. The summed E-state index contributed by atoms with van der Waals surface area (Å²) in [4.78, 5) is 14.1. The van der Waals surface area contributed by atoms with Gasteiger partial charge in [-0.2, -0.15) is 0 Å². The van der Waals surface area contributed by atoms with Crippen LogP contribution in [0.5, 0.6) is 0 Å². The number of carbonyl (C=O) groups excluding carboxylic acids is 1. The maximum atomic E-state index is 12.2. The van der Waals surface area contributed by atoms with Crippen LogP contribution >= 0.6 is 0 Å². The Hall–Kier alpha value is -1.69. The van der Waals surface area contributed by atoms with Crippen molar-refractivity contribution >= 4 is 11.7 Å². The molecule has 0 aliphatic carbocycles. The van der Waals surface area contributed by atoms with E-state index in [4.69, 9.17) is 5.84 Å². The number of nitrogen functional groups attached to an aromatic ring is 1. The van der Waals surface area contributed by atoms with Crippen LogP contribution in [-0.4, -0.2) is 34.1 Å². The predicted octanol–water partition coefficient (Wildman–Crippen LogP) is 1.17. The number of anilines is 1. The lowest BCUT2D eigenvalue weighted by atomic mass is 10.1. The highest BCUT2D eigenvalue weighted by Gasteiger charge is 2.18. The van der Waals surface area contributed by atoms with E-state index in [0.29, 0.717) is 11.5 Å². The number of hydrogen-bond donors (Lipinski definition) is 2. The van der Waals surface area contributed by atoms with Gasteiger partial charge in [-0.05, 0) is 25.0 Å². The number of aromatic nitrogens is 2. The van der Waals surface area contributed by atoms with Gasteiger partial charge in [-0.25, -0.2) is 5.84 Å². The average Bonchev–Trinajstić information content (AvgIpc) is 2.38. The Balaban J connectivity index is 2.03. The van der Waals surface area contributed by atoms with Crippen molar-refractivity contribution in [2.45, 2.75) is 32.1 Å². The van der Waals surface area contributed by atoms with Gasteiger partial charge in [0.25, 0.3) is 5.91 Å². The second kappa shape index (κ2) is 6.30. The first kappa shape index (κ1) is 12.8. The van der Waals surface area contributed by atoms with Gasteiger partial charge in [0.1, 0.15) is 0 Å². The fourth-order valence-corrected chi connectivity index (χ4v) is 2.14. The van der Waals surface area contributed by atoms with Crippen LogP contribution in [0.3, 0.4) is 0 Å². The lowest BCUT2D eigenvalue weighted by molar-refractivity contribution is 0.0735. The highest BCUT2D eigenvalue weighted by Crippen LogP contribution is 2.13. The zero-order valence-corrected chi connectivity index (χ0v) is 10.4. The Morgan fingerprint density at radius 1 is 1.11 bits per heavy atom. The molecule has 0 bridgehead atoms. The van der Waals surface area contributed by atoms with Crippen LogP contribution in [0.25, 0.3) is 0 Å². The molecule has 6 nitrogen and oxygen atoms in total. The zero-order chi connectivity index (χ0) is 12.8. The smallest absolute Gasteiger partial charge is 0.274 e. The van der Waals surface area contributed by atoms with Gasteiger partial charge < -0.3 is 10.3 Å². The zero-order valence-electron chi connectivity index (χ0n) is 10.4. The quantitative estimate of drug-likeness (QED) is 0.607. The number of carbonyl (C=O) groups is 1. The van der Waals surface area contributed by atoms with E-state index in [9.17, 15) is 4.79 Å². The minimum atomic E-state index is -0.0343. The summed E-state index contributed by atoms with van der Waals surface area (Å²) < 4.78 is 0. The lowest BCUT2D eigenvalue weighted by Gasteiger charge is -2.24. The van der Waals surface area contributed by atoms with Crippen LogP contribution in [0.4, 0.5) is 5.82 Å². The van der Waals surface area contributed by atoms with Crippen LogP contribution in [0.1, 0.15) is 42.6 Å². The number of nitrogens with two attached hydrogens (primary N) is 1. The molecule has 18 heavy (non-hydrogen) atoms. The molecular weight excluding hydrogens is 230 g/mol. The third kappa shape index (κ3) is 3.16. The molecule has 0 unspecified atom stereocenters. The van der Waals surface area contributed by atoms with Crippen molar-refractivity contribution in [1.82, 2.24) is 15.1 Å². The topological polar surface area (TPSA) is 84.1 Å². The first-order valence-corrected chi connectivity index (χ1v) is 6.41. The molecule has 0 aromatic carbocycles. The van der Waals surface area contributed by atoms with Crippen molar-refractivity contribution in [2.24, 2.45) is 5.84 Å². The Morgan fingerprint density at radius 3 is 2.33 bits per heavy atom. The number of rotatable bonds is 2. The molecule has 2 rings (SSSR count). The summed E-state index contributed by atoms with van der Waals surface area (Å²) in [5.41, 5.74) is 2.78. The minimum absolute atomic E-state index is 0.0343. The number of hydrogen-bond acceptors (Lipinski definition) is 5. The molecule has 98 valence electrons. The molecule has 2 heterocycles. The second-order valence-corrected chi connectivity index (χ2v) is 4.51. The Bertz CT molecular complexity index is 384. The SMILES string of the molecule is NNc1ccc(C(=O)N2CCCCCCC2)nn1. The number of likely N-dealkylation sites (tertiary alicyclic amines) is 1. The molecule has 6 heteroatoms.